The Morgan fingerprint density at radius 3 is 2.88 bits per heavy atom. The van der Waals surface area contributed by atoms with Crippen molar-refractivity contribution in [3.8, 4) is 5.75 Å². The zero-order valence-electron chi connectivity index (χ0n) is 8.34. The summed E-state index contributed by atoms with van der Waals surface area (Å²) in [4.78, 5) is 0. The average molecular weight is 229 g/mol. The van der Waals surface area contributed by atoms with E-state index in [0.29, 0.717) is 5.75 Å². The topological polar surface area (TPSA) is 21.3 Å². The van der Waals surface area contributed by atoms with Gasteiger partial charge in [-0.05, 0) is 25.1 Å². The van der Waals surface area contributed by atoms with Gasteiger partial charge in [0.1, 0.15) is 11.9 Å². The smallest absolute Gasteiger partial charge is 0.416 e. The van der Waals surface area contributed by atoms with Crippen LogP contribution in [-0.4, -0.2) is 12.6 Å². The maximum Gasteiger partial charge on any atom is 0.416 e. The van der Waals surface area contributed by atoms with Crippen molar-refractivity contribution in [2.24, 2.45) is 0 Å². The molecule has 0 radical (unpaired) electrons. The van der Waals surface area contributed by atoms with Gasteiger partial charge in [0.25, 0.3) is 0 Å². The molecule has 5 heteroatoms. The van der Waals surface area contributed by atoms with Gasteiger partial charge in [0.05, 0.1) is 11.6 Å². The summed E-state index contributed by atoms with van der Waals surface area (Å²) < 4.78 is 42.9. The third-order valence-corrected chi connectivity index (χ3v) is 3.12. The molecule has 0 unspecified atom stereocenters. The van der Waals surface area contributed by atoms with Crippen molar-refractivity contribution < 1.29 is 17.9 Å². The number of nitrogens with one attached hydrogen (secondary N) is 1. The lowest BCUT2D eigenvalue weighted by Crippen LogP contribution is -2.18. The van der Waals surface area contributed by atoms with Gasteiger partial charge in [-0.1, -0.05) is 6.07 Å². The molecule has 1 aromatic carbocycles. The van der Waals surface area contributed by atoms with Crippen LogP contribution in [0.3, 0.4) is 0 Å². The van der Waals surface area contributed by atoms with Crippen LogP contribution in [0.5, 0.6) is 5.75 Å². The number of hydrogen-bond donors (Lipinski definition) is 1. The minimum absolute atomic E-state index is 0.00140. The van der Waals surface area contributed by atoms with Gasteiger partial charge in [-0.25, -0.2) is 0 Å². The quantitative estimate of drug-likeness (QED) is 0.738. The van der Waals surface area contributed by atoms with Gasteiger partial charge in [0.2, 0.25) is 0 Å². The molecule has 3 rings (SSSR count). The minimum Gasteiger partial charge on any atom is -0.488 e. The molecule has 0 aromatic heterocycles. The van der Waals surface area contributed by atoms with Crippen LogP contribution >= 0.6 is 0 Å². The number of ether oxygens (including phenoxy) is 1. The molecule has 16 heavy (non-hydrogen) atoms. The zero-order chi connectivity index (χ0) is 11.3. The molecule has 2 aliphatic rings. The van der Waals surface area contributed by atoms with Crippen LogP contribution in [0.25, 0.3) is 0 Å². The summed E-state index contributed by atoms with van der Waals surface area (Å²) in [5, 5.41) is 3.23. The Morgan fingerprint density at radius 2 is 2.12 bits per heavy atom. The average Bonchev–Trinajstić information content (AvgIpc) is 2.74. The van der Waals surface area contributed by atoms with Gasteiger partial charge in [-0.15, -0.1) is 0 Å². The first-order valence-corrected chi connectivity index (χ1v) is 5.17. The van der Waals surface area contributed by atoms with Crippen molar-refractivity contribution in [3.05, 3.63) is 29.3 Å². The standard InChI is InChI=1S/C11H10F3NO/c12-11(13,14)6-1-2-7-9(5-6)16-8-3-4-15-10(7)8/h1-2,5,8,10,15H,3-4H2/t8-,10-/m0/s1. The van der Waals surface area contributed by atoms with Gasteiger partial charge in [-0.3, -0.25) is 0 Å². The van der Waals surface area contributed by atoms with Crippen LogP contribution in [0, 0.1) is 0 Å². The molecule has 0 saturated carbocycles. The van der Waals surface area contributed by atoms with Gasteiger partial charge < -0.3 is 10.1 Å². The number of fused-ring (bicyclic) bond motifs is 3. The van der Waals surface area contributed by atoms with Crippen molar-refractivity contribution in [1.82, 2.24) is 5.32 Å². The van der Waals surface area contributed by atoms with E-state index in [-0.39, 0.29) is 12.1 Å². The molecule has 0 bridgehead atoms. The van der Waals surface area contributed by atoms with Crippen LogP contribution in [0.2, 0.25) is 0 Å². The molecule has 0 aliphatic carbocycles. The first-order valence-electron chi connectivity index (χ1n) is 5.17. The van der Waals surface area contributed by atoms with E-state index < -0.39 is 11.7 Å². The molecular weight excluding hydrogens is 219 g/mol. The van der Waals surface area contributed by atoms with Gasteiger partial charge in [0, 0.05) is 5.56 Å². The normalized spacial score (nSPS) is 27.4. The summed E-state index contributed by atoms with van der Waals surface area (Å²) in [5.41, 5.74) is 0.196. The fourth-order valence-corrected chi connectivity index (χ4v) is 2.35. The summed E-state index contributed by atoms with van der Waals surface area (Å²) in [7, 11) is 0. The monoisotopic (exact) mass is 229 g/mol. The Bertz CT molecular complexity index is 430. The second-order valence-corrected chi connectivity index (χ2v) is 4.13. The fourth-order valence-electron chi connectivity index (χ4n) is 2.35. The molecule has 1 N–H and O–H groups in total. The second kappa shape index (κ2) is 3.13. The summed E-state index contributed by atoms with van der Waals surface area (Å²) in [6.45, 7) is 0.857. The molecule has 2 nitrogen and oxygen atoms in total. The molecule has 1 aromatic rings. The van der Waals surface area contributed by atoms with E-state index in [1.807, 2.05) is 0 Å². The number of benzene rings is 1. The lowest BCUT2D eigenvalue weighted by Gasteiger charge is -2.09. The summed E-state index contributed by atoms with van der Waals surface area (Å²) in [6, 6.07) is 3.79. The van der Waals surface area contributed by atoms with Crippen LogP contribution in [-0.2, 0) is 6.18 Å². The Hall–Kier alpha value is -1.23. The van der Waals surface area contributed by atoms with Gasteiger partial charge in [-0.2, -0.15) is 13.2 Å². The van der Waals surface area contributed by atoms with Crippen LogP contribution in [0.1, 0.15) is 23.6 Å². The van der Waals surface area contributed by atoms with Crippen molar-refractivity contribution >= 4 is 0 Å². The molecule has 2 aliphatic heterocycles. The number of halogens is 3. The van der Waals surface area contributed by atoms with Gasteiger partial charge in [0.15, 0.2) is 0 Å². The van der Waals surface area contributed by atoms with E-state index in [0.717, 1.165) is 30.7 Å². The minimum atomic E-state index is -4.30. The summed E-state index contributed by atoms with van der Waals surface area (Å²) >= 11 is 0. The third-order valence-electron chi connectivity index (χ3n) is 3.12. The van der Waals surface area contributed by atoms with Crippen LogP contribution < -0.4 is 10.1 Å². The molecule has 1 saturated heterocycles. The summed E-state index contributed by atoms with van der Waals surface area (Å²) in [6.07, 6.45) is -3.46. The number of alkyl halides is 3. The summed E-state index contributed by atoms with van der Waals surface area (Å²) in [5.74, 6) is 0.372. The number of hydrogen-bond acceptors (Lipinski definition) is 2. The van der Waals surface area contributed by atoms with Gasteiger partial charge >= 0.3 is 6.18 Å². The van der Waals surface area contributed by atoms with E-state index in [1.54, 1.807) is 0 Å². The highest BCUT2D eigenvalue weighted by Crippen LogP contribution is 2.43. The Labute approximate surface area is 90.4 Å². The zero-order valence-corrected chi connectivity index (χ0v) is 8.34. The predicted molar refractivity (Wildman–Crippen MR) is 51.2 cm³/mol. The van der Waals surface area contributed by atoms with Crippen LogP contribution in [0.15, 0.2) is 18.2 Å². The second-order valence-electron chi connectivity index (χ2n) is 4.13. The highest BCUT2D eigenvalue weighted by Gasteiger charge is 2.40. The molecule has 0 spiro atoms. The Balaban J connectivity index is 2.00. The van der Waals surface area contributed by atoms with Crippen molar-refractivity contribution in [3.63, 3.8) is 0 Å². The maximum atomic E-state index is 12.5. The maximum absolute atomic E-state index is 12.5. The Morgan fingerprint density at radius 1 is 1.31 bits per heavy atom. The predicted octanol–water partition coefficient (Wildman–Crippen LogP) is 2.50. The van der Waals surface area contributed by atoms with E-state index in [2.05, 4.69) is 5.32 Å². The molecule has 0 amide bonds. The largest absolute Gasteiger partial charge is 0.488 e. The first-order chi connectivity index (χ1) is 7.55. The molecule has 1 fully saturated rings. The molecule has 86 valence electrons. The molecule has 2 atom stereocenters. The van der Waals surface area contributed by atoms with Crippen molar-refractivity contribution in [2.75, 3.05) is 6.54 Å². The molecular formula is C11H10F3NO. The van der Waals surface area contributed by atoms with E-state index in [1.165, 1.54) is 6.07 Å². The lowest BCUT2D eigenvalue weighted by molar-refractivity contribution is -0.137. The first kappa shape index (κ1) is 9.96. The van der Waals surface area contributed by atoms with Crippen LogP contribution in [0.4, 0.5) is 13.2 Å². The Kier molecular flexibility index (Phi) is 1.95. The number of rotatable bonds is 0. The third kappa shape index (κ3) is 1.38. The van der Waals surface area contributed by atoms with E-state index in [4.69, 9.17) is 4.74 Å². The lowest BCUT2D eigenvalue weighted by atomic mass is 10.0. The highest BCUT2D eigenvalue weighted by atomic mass is 19.4. The highest BCUT2D eigenvalue weighted by molar-refractivity contribution is 5.45. The van der Waals surface area contributed by atoms with E-state index in [9.17, 15) is 13.2 Å². The van der Waals surface area contributed by atoms with Crippen molar-refractivity contribution in [1.29, 1.82) is 0 Å². The molecule has 2 heterocycles. The van der Waals surface area contributed by atoms with E-state index >= 15 is 0 Å². The van der Waals surface area contributed by atoms with Crippen molar-refractivity contribution in [2.45, 2.75) is 24.7 Å². The fraction of sp³-hybridized carbons (Fsp3) is 0.455. The SMILES string of the molecule is FC(F)(F)c1ccc2c(c1)O[C@H]1CCN[C@@H]21.